The minimum Gasteiger partial charge on any atom is -0.338 e. The number of nitrogens with zero attached hydrogens (tertiary/aromatic N) is 3. The standard InChI is InChI=1S/C13H15F3N4/c1-12(2,3)20-8-10(7-18-20)19-11-5-4-9(6-17-11)13(14,15)16/h4-8H,1-3H3,(H,17,19). The Labute approximate surface area is 114 Å². The molecule has 2 aromatic heterocycles. The number of alkyl halides is 3. The first-order chi connectivity index (χ1) is 9.16. The van der Waals surface area contributed by atoms with E-state index in [2.05, 4.69) is 15.4 Å². The highest BCUT2D eigenvalue weighted by atomic mass is 19.4. The predicted molar refractivity (Wildman–Crippen MR) is 69.7 cm³/mol. The van der Waals surface area contributed by atoms with E-state index in [9.17, 15) is 13.2 Å². The van der Waals surface area contributed by atoms with E-state index in [4.69, 9.17) is 0 Å². The summed E-state index contributed by atoms with van der Waals surface area (Å²) in [5.74, 6) is 0.339. The van der Waals surface area contributed by atoms with Crippen LogP contribution in [0.25, 0.3) is 0 Å². The molecule has 2 aromatic rings. The van der Waals surface area contributed by atoms with Crippen LogP contribution in [0.1, 0.15) is 26.3 Å². The number of halogens is 3. The summed E-state index contributed by atoms with van der Waals surface area (Å²) in [6.07, 6.45) is -0.191. The van der Waals surface area contributed by atoms with Gasteiger partial charge in [0.15, 0.2) is 0 Å². The second-order valence-electron chi connectivity index (χ2n) is 5.40. The summed E-state index contributed by atoms with van der Waals surface area (Å²) >= 11 is 0. The maximum atomic E-state index is 12.4. The molecule has 7 heteroatoms. The summed E-state index contributed by atoms with van der Waals surface area (Å²) in [5, 5.41) is 7.10. The minimum absolute atomic E-state index is 0.159. The molecule has 0 bridgehead atoms. The molecule has 1 N–H and O–H groups in total. The zero-order chi connectivity index (χ0) is 15.0. The Balaban J connectivity index is 2.13. The third kappa shape index (κ3) is 3.28. The first-order valence-corrected chi connectivity index (χ1v) is 6.02. The SMILES string of the molecule is CC(C)(C)n1cc(Nc2ccc(C(F)(F)F)cn2)cn1. The van der Waals surface area contributed by atoms with Gasteiger partial charge in [-0.05, 0) is 32.9 Å². The van der Waals surface area contributed by atoms with E-state index >= 15 is 0 Å². The van der Waals surface area contributed by atoms with Crippen LogP contribution in [0.2, 0.25) is 0 Å². The molecule has 2 heterocycles. The number of hydrogen-bond acceptors (Lipinski definition) is 3. The molecule has 0 atom stereocenters. The lowest BCUT2D eigenvalue weighted by atomic mass is 10.1. The van der Waals surface area contributed by atoms with Crippen LogP contribution >= 0.6 is 0 Å². The molecular formula is C13H15F3N4. The van der Waals surface area contributed by atoms with Crippen molar-refractivity contribution in [1.82, 2.24) is 14.8 Å². The normalized spacial score (nSPS) is 12.5. The zero-order valence-electron chi connectivity index (χ0n) is 11.4. The van der Waals surface area contributed by atoms with Crippen molar-refractivity contribution in [3.8, 4) is 0 Å². The molecule has 0 aliphatic heterocycles. The fourth-order valence-electron chi connectivity index (χ4n) is 1.54. The quantitative estimate of drug-likeness (QED) is 0.912. The molecule has 0 unspecified atom stereocenters. The number of pyridine rings is 1. The molecule has 0 saturated carbocycles. The Kier molecular flexibility index (Phi) is 3.45. The molecule has 0 saturated heterocycles. The van der Waals surface area contributed by atoms with Gasteiger partial charge in [-0.2, -0.15) is 18.3 Å². The van der Waals surface area contributed by atoms with E-state index in [1.54, 1.807) is 17.1 Å². The molecule has 0 aliphatic rings. The molecular weight excluding hydrogens is 269 g/mol. The molecule has 4 nitrogen and oxygen atoms in total. The second kappa shape index (κ2) is 4.81. The van der Waals surface area contributed by atoms with Gasteiger partial charge in [-0.3, -0.25) is 4.68 Å². The number of aromatic nitrogens is 3. The van der Waals surface area contributed by atoms with Crippen molar-refractivity contribution in [2.24, 2.45) is 0 Å². The number of nitrogens with one attached hydrogen (secondary N) is 1. The minimum atomic E-state index is -4.37. The molecule has 108 valence electrons. The molecule has 0 amide bonds. The maximum absolute atomic E-state index is 12.4. The summed E-state index contributed by atoms with van der Waals surface area (Å²) in [6, 6.07) is 2.28. The molecule has 2 rings (SSSR count). The largest absolute Gasteiger partial charge is 0.417 e. The van der Waals surface area contributed by atoms with Gasteiger partial charge >= 0.3 is 6.18 Å². The van der Waals surface area contributed by atoms with Gasteiger partial charge < -0.3 is 5.32 Å². The van der Waals surface area contributed by atoms with Crippen LogP contribution in [0.5, 0.6) is 0 Å². The van der Waals surface area contributed by atoms with Gasteiger partial charge in [0.05, 0.1) is 23.0 Å². The van der Waals surface area contributed by atoms with Crippen molar-refractivity contribution in [3.63, 3.8) is 0 Å². The number of anilines is 2. The summed E-state index contributed by atoms with van der Waals surface area (Å²) < 4.78 is 39.0. The van der Waals surface area contributed by atoms with E-state index in [0.717, 1.165) is 12.3 Å². The number of rotatable bonds is 2. The lowest BCUT2D eigenvalue weighted by molar-refractivity contribution is -0.137. The Morgan fingerprint density at radius 1 is 1.10 bits per heavy atom. The van der Waals surface area contributed by atoms with Crippen molar-refractivity contribution >= 4 is 11.5 Å². The van der Waals surface area contributed by atoms with E-state index in [1.807, 2.05) is 20.8 Å². The topological polar surface area (TPSA) is 42.7 Å². The Morgan fingerprint density at radius 3 is 2.25 bits per heavy atom. The Morgan fingerprint density at radius 2 is 1.80 bits per heavy atom. The van der Waals surface area contributed by atoms with Gasteiger partial charge in [-0.15, -0.1) is 0 Å². The summed E-state index contributed by atoms with van der Waals surface area (Å²) in [7, 11) is 0. The molecule has 0 fully saturated rings. The predicted octanol–water partition coefficient (Wildman–Crippen LogP) is 3.80. The Hall–Kier alpha value is -2.05. The fraction of sp³-hybridized carbons (Fsp3) is 0.385. The lowest BCUT2D eigenvalue weighted by Crippen LogP contribution is -2.21. The molecule has 0 aromatic carbocycles. The van der Waals surface area contributed by atoms with Crippen LogP contribution < -0.4 is 5.32 Å². The van der Waals surface area contributed by atoms with Crippen molar-refractivity contribution in [2.75, 3.05) is 5.32 Å². The molecule has 0 spiro atoms. The van der Waals surface area contributed by atoms with Gasteiger partial charge in [-0.1, -0.05) is 0 Å². The second-order valence-corrected chi connectivity index (χ2v) is 5.40. The van der Waals surface area contributed by atoms with Crippen molar-refractivity contribution in [2.45, 2.75) is 32.5 Å². The van der Waals surface area contributed by atoms with E-state index in [0.29, 0.717) is 11.5 Å². The fourth-order valence-corrected chi connectivity index (χ4v) is 1.54. The van der Waals surface area contributed by atoms with Crippen LogP contribution in [0.4, 0.5) is 24.7 Å². The molecule has 20 heavy (non-hydrogen) atoms. The monoisotopic (exact) mass is 284 g/mol. The van der Waals surface area contributed by atoms with E-state index < -0.39 is 11.7 Å². The van der Waals surface area contributed by atoms with Crippen LogP contribution in [0.15, 0.2) is 30.7 Å². The van der Waals surface area contributed by atoms with Crippen molar-refractivity contribution < 1.29 is 13.2 Å². The smallest absolute Gasteiger partial charge is 0.338 e. The van der Waals surface area contributed by atoms with Crippen LogP contribution in [-0.4, -0.2) is 14.8 Å². The molecule has 0 aliphatic carbocycles. The zero-order valence-corrected chi connectivity index (χ0v) is 11.4. The van der Waals surface area contributed by atoms with Gasteiger partial charge in [-0.25, -0.2) is 4.98 Å². The van der Waals surface area contributed by atoms with Crippen LogP contribution in [0.3, 0.4) is 0 Å². The summed E-state index contributed by atoms with van der Waals surface area (Å²) in [6.45, 7) is 6.00. The third-order valence-corrected chi connectivity index (χ3v) is 2.63. The first kappa shape index (κ1) is 14.4. The Bertz CT molecular complexity index is 579. The van der Waals surface area contributed by atoms with Gasteiger partial charge in [0, 0.05) is 12.4 Å². The highest BCUT2D eigenvalue weighted by molar-refractivity contribution is 5.54. The van der Waals surface area contributed by atoms with Gasteiger partial charge in [0.2, 0.25) is 0 Å². The van der Waals surface area contributed by atoms with E-state index in [-0.39, 0.29) is 5.54 Å². The lowest BCUT2D eigenvalue weighted by Gasteiger charge is -2.18. The average molecular weight is 284 g/mol. The van der Waals surface area contributed by atoms with Gasteiger partial charge in [0.1, 0.15) is 5.82 Å². The third-order valence-electron chi connectivity index (χ3n) is 2.63. The van der Waals surface area contributed by atoms with Crippen LogP contribution in [0, 0.1) is 0 Å². The molecule has 0 radical (unpaired) electrons. The van der Waals surface area contributed by atoms with Crippen molar-refractivity contribution in [1.29, 1.82) is 0 Å². The first-order valence-electron chi connectivity index (χ1n) is 6.02. The maximum Gasteiger partial charge on any atom is 0.417 e. The van der Waals surface area contributed by atoms with Gasteiger partial charge in [0.25, 0.3) is 0 Å². The van der Waals surface area contributed by atoms with Crippen LogP contribution in [-0.2, 0) is 11.7 Å². The number of hydrogen-bond donors (Lipinski definition) is 1. The van der Waals surface area contributed by atoms with E-state index in [1.165, 1.54) is 6.07 Å². The van der Waals surface area contributed by atoms with Crippen molar-refractivity contribution in [3.05, 3.63) is 36.3 Å². The highest BCUT2D eigenvalue weighted by Gasteiger charge is 2.30. The highest BCUT2D eigenvalue weighted by Crippen LogP contribution is 2.29. The average Bonchev–Trinajstić information content (AvgIpc) is 2.77. The summed E-state index contributed by atoms with van der Waals surface area (Å²) in [5.41, 5.74) is -0.256. The summed E-state index contributed by atoms with van der Waals surface area (Å²) in [4.78, 5) is 3.74.